The number of pyridine rings is 3. The summed E-state index contributed by atoms with van der Waals surface area (Å²) in [4.78, 5) is 16.8. The summed E-state index contributed by atoms with van der Waals surface area (Å²) in [6, 6.07) is 9.97. The molecule has 6 rings (SSSR count). The van der Waals surface area contributed by atoms with Gasteiger partial charge in [-0.2, -0.15) is 10.2 Å². The highest BCUT2D eigenvalue weighted by Gasteiger charge is 2.15. The van der Waals surface area contributed by atoms with Gasteiger partial charge in [0, 0.05) is 40.5 Å². The molecule has 0 spiro atoms. The van der Waals surface area contributed by atoms with E-state index in [0.29, 0.717) is 0 Å². The lowest BCUT2D eigenvalue weighted by Crippen LogP contribution is -1.84. The van der Waals surface area contributed by atoms with E-state index < -0.39 is 0 Å². The Balaban J connectivity index is 1.54. The van der Waals surface area contributed by atoms with Crippen LogP contribution in [0.4, 0.5) is 0 Å². The second kappa shape index (κ2) is 6.10. The largest absolute Gasteiger partial charge is 0.352 e. The van der Waals surface area contributed by atoms with Crippen molar-refractivity contribution >= 4 is 21.8 Å². The molecular formula is C21H14N8. The lowest BCUT2D eigenvalue weighted by atomic mass is 10.1. The van der Waals surface area contributed by atoms with Crippen molar-refractivity contribution in [2.24, 2.45) is 0 Å². The van der Waals surface area contributed by atoms with E-state index in [-0.39, 0.29) is 0 Å². The van der Waals surface area contributed by atoms with Gasteiger partial charge in [-0.1, -0.05) is 6.07 Å². The minimum absolute atomic E-state index is 0.829. The first-order valence-corrected chi connectivity index (χ1v) is 9.08. The number of rotatable bonds is 3. The van der Waals surface area contributed by atoms with Gasteiger partial charge in [0.15, 0.2) is 0 Å². The first kappa shape index (κ1) is 15.7. The normalized spacial score (nSPS) is 11.4. The Morgan fingerprint density at radius 2 is 1.83 bits per heavy atom. The zero-order chi connectivity index (χ0) is 19.2. The molecule has 6 aromatic rings. The lowest BCUT2D eigenvalue weighted by molar-refractivity contribution is 1.09. The molecule has 6 aromatic heterocycles. The van der Waals surface area contributed by atoms with Gasteiger partial charge in [-0.25, -0.2) is 0 Å². The van der Waals surface area contributed by atoms with E-state index >= 15 is 0 Å². The fraction of sp³-hybridized carbons (Fsp3) is 0. The van der Waals surface area contributed by atoms with E-state index in [4.69, 9.17) is 0 Å². The molecule has 0 amide bonds. The Morgan fingerprint density at radius 3 is 2.69 bits per heavy atom. The van der Waals surface area contributed by atoms with Gasteiger partial charge in [-0.05, 0) is 24.3 Å². The van der Waals surface area contributed by atoms with E-state index in [2.05, 4.69) is 46.4 Å². The van der Waals surface area contributed by atoms with E-state index in [0.717, 1.165) is 55.7 Å². The number of nitrogens with one attached hydrogen (secondary N) is 3. The zero-order valence-electron chi connectivity index (χ0n) is 15.1. The van der Waals surface area contributed by atoms with E-state index in [9.17, 15) is 0 Å². The van der Waals surface area contributed by atoms with Crippen LogP contribution in [0.25, 0.3) is 55.7 Å². The fourth-order valence-corrected chi connectivity index (χ4v) is 3.58. The first-order chi connectivity index (χ1) is 14.4. The number of nitrogens with zero attached hydrogens (tertiary/aromatic N) is 5. The highest BCUT2D eigenvalue weighted by atomic mass is 15.1. The summed E-state index contributed by atoms with van der Waals surface area (Å²) in [6.45, 7) is 0. The summed E-state index contributed by atoms with van der Waals surface area (Å²) < 4.78 is 0. The third-order valence-electron chi connectivity index (χ3n) is 4.98. The summed E-state index contributed by atoms with van der Waals surface area (Å²) in [5.74, 6) is 0. The monoisotopic (exact) mass is 378 g/mol. The quantitative estimate of drug-likeness (QED) is 0.432. The molecule has 0 aromatic carbocycles. The Labute approximate surface area is 164 Å². The maximum atomic E-state index is 4.53. The molecule has 0 saturated carbocycles. The molecule has 0 saturated heterocycles. The van der Waals surface area contributed by atoms with Gasteiger partial charge in [0.1, 0.15) is 5.69 Å². The van der Waals surface area contributed by atoms with Crippen molar-refractivity contribution < 1.29 is 0 Å². The molecule has 3 N–H and O–H groups in total. The molecule has 0 fully saturated rings. The molecule has 0 atom stereocenters. The van der Waals surface area contributed by atoms with Crippen molar-refractivity contribution in [1.82, 2.24) is 40.3 Å². The standard InChI is InChI=1S/C21H14N8/c1-2-4-23-16(3-1)15-9-22-10-19-13(15)5-18(27-19)21-14-6-17(12-7-25-26-8-12)24-11-20(14)28-29-21/h1-11,27H,(H,25,26)(H,28,29). The second-order valence-corrected chi connectivity index (χ2v) is 6.72. The van der Waals surface area contributed by atoms with E-state index in [1.165, 1.54) is 0 Å². The van der Waals surface area contributed by atoms with Crippen molar-refractivity contribution in [3.8, 4) is 33.9 Å². The van der Waals surface area contributed by atoms with Crippen LogP contribution in [-0.2, 0) is 0 Å². The summed E-state index contributed by atoms with van der Waals surface area (Å²) in [5, 5.41) is 16.5. The molecule has 8 nitrogen and oxygen atoms in total. The smallest absolute Gasteiger partial charge is 0.116 e. The molecule has 6 heterocycles. The van der Waals surface area contributed by atoms with Crippen molar-refractivity contribution in [3.63, 3.8) is 0 Å². The molecule has 138 valence electrons. The molecule has 29 heavy (non-hydrogen) atoms. The van der Waals surface area contributed by atoms with Crippen LogP contribution >= 0.6 is 0 Å². The number of fused-ring (bicyclic) bond motifs is 2. The minimum atomic E-state index is 0.829. The highest BCUT2D eigenvalue weighted by molar-refractivity contribution is 6.00. The maximum Gasteiger partial charge on any atom is 0.116 e. The van der Waals surface area contributed by atoms with Crippen LogP contribution in [0.5, 0.6) is 0 Å². The predicted octanol–water partition coefficient (Wildman–Crippen LogP) is 3.95. The van der Waals surface area contributed by atoms with Crippen molar-refractivity contribution in [2.45, 2.75) is 0 Å². The van der Waals surface area contributed by atoms with Crippen molar-refractivity contribution in [1.29, 1.82) is 0 Å². The van der Waals surface area contributed by atoms with Crippen LogP contribution < -0.4 is 0 Å². The van der Waals surface area contributed by atoms with Gasteiger partial charge in [0.25, 0.3) is 0 Å². The summed E-state index contributed by atoms with van der Waals surface area (Å²) in [6.07, 6.45) is 10.8. The van der Waals surface area contributed by atoms with Crippen LogP contribution in [0.1, 0.15) is 0 Å². The minimum Gasteiger partial charge on any atom is -0.352 e. The molecular weight excluding hydrogens is 364 g/mol. The summed E-state index contributed by atoms with van der Waals surface area (Å²) in [7, 11) is 0. The van der Waals surface area contributed by atoms with Crippen molar-refractivity contribution in [2.75, 3.05) is 0 Å². The lowest BCUT2D eigenvalue weighted by Gasteiger charge is -2.00. The maximum absolute atomic E-state index is 4.53. The third kappa shape index (κ3) is 2.50. The van der Waals surface area contributed by atoms with Gasteiger partial charge < -0.3 is 4.98 Å². The number of aromatic nitrogens is 8. The highest BCUT2D eigenvalue weighted by Crippen LogP contribution is 2.33. The van der Waals surface area contributed by atoms with Gasteiger partial charge in [0.05, 0.1) is 46.7 Å². The number of H-pyrrole nitrogens is 3. The van der Waals surface area contributed by atoms with E-state index in [1.807, 2.05) is 42.9 Å². The average molecular weight is 378 g/mol. The molecule has 0 unspecified atom stereocenters. The Morgan fingerprint density at radius 1 is 0.828 bits per heavy atom. The Kier molecular flexibility index (Phi) is 3.30. The SMILES string of the molecule is c1ccc(-c2cncc3[nH]c(-c4n[nH]c5cnc(-c6cn[nH]c6)cc45)cc23)nc1. The molecule has 0 bridgehead atoms. The second-order valence-electron chi connectivity index (χ2n) is 6.72. The molecule has 0 aliphatic rings. The molecule has 0 radical (unpaired) electrons. The van der Waals surface area contributed by atoms with Crippen LogP contribution in [-0.4, -0.2) is 40.3 Å². The van der Waals surface area contributed by atoms with Gasteiger partial charge in [-0.3, -0.25) is 25.1 Å². The first-order valence-electron chi connectivity index (χ1n) is 9.08. The Bertz CT molecular complexity index is 1440. The molecule has 0 aliphatic carbocycles. The van der Waals surface area contributed by atoms with Gasteiger partial charge >= 0.3 is 0 Å². The topological polar surface area (TPSA) is 112 Å². The molecule has 0 aliphatic heterocycles. The van der Waals surface area contributed by atoms with Crippen LogP contribution in [0.3, 0.4) is 0 Å². The fourth-order valence-electron chi connectivity index (χ4n) is 3.58. The van der Waals surface area contributed by atoms with Crippen LogP contribution in [0.15, 0.2) is 67.5 Å². The predicted molar refractivity (Wildman–Crippen MR) is 110 cm³/mol. The van der Waals surface area contributed by atoms with Gasteiger partial charge in [-0.15, -0.1) is 0 Å². The van der Waals surface area contributed by atoms with Crippen LogP contribution in [0.2, 0.25) is 0 Å². The zero-order valence-corrected chi connectivity index (χ0v) is 15.1. The van der Waals surface area contributed by atoms with E-state index in [1.54, 1.807) is 18.6 Å². The van der Waals surface area contributed by atoms with Gasteiger partial charge in [0.2, 0.25) is 0 Å². The number of aromatic amines is 3. The summed E-state index contributed by atoms with van der Waals surface area (Å²) >= 11 is 0. The van der Waals surface area contributed by atoms with Crippen LogP contribution in [0, 0.1) is 0 Å². The molecule has 8 heteroatoms. The summed E-state index contributed by atoms with van der Waals surface area (Å²) in [5.41, 5.74) is 7.16. The number of hydrogen-bond acceptors (Lipinski definition) is 5. The van der Waals surface area contributed by atoms with Crippen molar-refractivity contribution in [3.05, 3.63) is 67.5 Å². The number of hydrogen-bond donors (Lipinski definition) is 3. The average Bonchev–Trinajstić information content (AvgIpc) is 3.52. The Hall–Kier alpha value is -4.33. The third-order valence-corrected chi connectivity index (χ3v) is 4.98.